The van der Waals surface area contributed by atoms with Gasteiger partial charge in [-0.15, -0.1) is 0 Å². The molecule has 1 aromatic rings. The Morgan fingerprint density at radius 1 is 1.22 bits per heavy atom. The summed E-state index contributed by atoms with van der Waals surface area (Å²) in [5.74, 6) is -2.70. The summed E-state index contributed by atoms with van der Waals surface area (Å²) in [6, 6.07) is 4.75. The Morgan fingerprint density at radius 3 is 2.17 bits per heavy atom. The molecule has 1 rings (SSSR count). The summed E-state index contributed by atoms with van der Waals surface area (Å²) in [4.78, 5) is 0. The highest BCUT2D eigenvalue weighted by atomic mass is 19.3. The number of alkyl halides is 2. The molecular weight excluding hydrogens is 236 g/mol. The monoisotopic (exact) mass is 257 g/mol. The first kappa shape index (κ1) is 14.9. The molecule has 0 atom stereocenters. The molecule has 0 amide bonds. The fourth-order valence-electron chi connectivity index (χ4n) is 1.67. The summed E-state index contributed by atoms with van der Waals surface area (Å²) in [6.07, 6.45) is 0. The molecule has 0 heterocycles. The second kappa shape index (κ2) is 4.84. The van der Waals surface area contributed by atoms with Gasteiger partial charge in [0.1, 0.15) is 5.75 Å². The first-order valence-electron chi connectivity index (χ1n) is 5.96. The average molecular weight is 257 g/mol. The molecule has 0 radical (unpaired) electrons. The third kappa shape index (κ3) is 2.64. The van der Waals surface area contributed by atoms with Gasteiger partial charge in [0.25, 0.3) is 5.92 Å². The largest absolute Gasteiger partial charge is 0.496 e. The van der Waals surface area contributed by atoms with E-state index in [1.807, 2.05) is 13.8 Å². The zero-order valence-electron chi connectivity index (χ0n) is 11.6. The lowest BCUT2D eigenvalue weighted by atomic mass is 9.89. The fourth-order valence-corrected chi connectivity index (χ4v) is 1.67. The van der Waals surface area contributed by atoms with Crippen LogP contribution in [0.25, 0.3) is 0 Å². The van der Waals surface area contributed by atoms with Crippen LogP contribution in [0.3, 0.4) is 0 Å². The van der Waals surface area contributed by atoms with Crippen molar-refractivity contribution in [2.75, 3.05) is 7.11 Å². The highest BCUT2D eigenvalue weighted by molar-refractivity contribution is 5.42. The average Bonchev–Trinajstić information content (AvgIpc) is 2.26. The Labute approximate surface area is 107 Å². The van der Waals surface area contributed by atoms with Crippen molar-refractivity contribution < 1.29 is 13.5 Å². The van der Waals surface area contributed by atoms with E-state index in [1.54, 1.807) is 12.1 Å². The minimum atomic E-state index is -3.14. The maximum Gasteiger partial charge on any atom is 0.293 e. The Morgan fingerprint density at radius 2 is 1.78 bits per heavy atom. The summed E-state index contributed by atoms with van der Waals surface area (Å²) >= 11 is 0. The van der Waals surface area contributed by atoms with Gasteiger partial charge in [-0.2, -0.15) is 8.78 Å². The molecule has 0 spiro atoms. The van der Waals surface area contributed by atoms with Crippen molar-refractivity contribution in [1.29, 1.82) is 0 Å². The van der Waals surface area contributed by atoms with Crippen LogP contribution in [0.5, 0.6) is 5.75 Å². The van der Waals surface area contributed by atoms with Crippen molar-refractivity contribution >= 4 is 0 Å². The Kier molecular flexibility index (Phi) is 4.01. The van der Waals surface area contributed by atoms with Gasteiger partial charge in [0, 0.05) is 0 Å². The van der Waals surface area contributed by atoms with Crippen molar-refractivity contribution in [3.05, 3.63) is 29.3 Å². The van der Waals surface area contributed by atoms with E-state index >= 15 is 0 Å². The molecule has 2 nitrogen and oxygen atoms in total. The second-order valence-corrected chi connectivity index (χ2v) is 5.41. The third-order valence-electron chi connectivity index (χ3n) is 3.04. The van der Waals surface area contributed by atoms with Crippen molar-refractivity contribution in [3.63, 3.8) is 0 Å². The van der Waals surface area contributed by atoms with Crippen LogP contribution >= 0.6 is 0 Å². The molecule has 0 aliphatic rings. The van der Waals surface area contributed by atoms with Crippen LogP contribution in [0.4, 0.5) is 8.78 Å². The molecule has 0 aliphatic carbocycles. The number of halogens is 2. The van der Waals surface area contributed by atoms with E-state index in [-0.39, 0.29) is 17.2 Å². The molecule has 0 unspecified atom stereocenters. The van der Waals surface area contributed by atoms with Gasteiger partial charge >= 0.3 is 0 Å². The molecule has 0 aromatic heterocycles. The topological polar surface area (TPSA) is 35.2 Å². The van der Waals surface area contributed by atoms with E-state index in [4.69, 9.17) is 10.5 Å². The molecule has 102 valence electrons. The van der Waals surface area contributed by atoms with Crippen molar-refractivity contribution in [1.82, 2.24) is 0 Å². The van der Waals surface area contributed by atoms with Gasteiger partial charge in [0.2, 0.25) is 0 Å². The van der Waals surface area contributed by atoms with E-state index < -0.39 is 11.5 Å². The van der Waals surface area contributed by atoms with Crippen LogP contribution in [-0.2, 0) is 5.92 Å². The lowest BCUT2D eigenvalue weighted by molar-refractivity contribution is -0.0688. The highest BCUT2D eigenvalue weighted by Gasteiger charge is 2.47. The van der Waals surface area contributed by atoms with Gasteiger partial charge in [-0.1, -0.05) is 19.9 Å². The van der Waals surface area contributed by atoms with Gasteiger partial charge in [-0.05, 0) is 37.5 Å². The first-order valence-corrected chi connectivity index (χ1v) is 5.96. The van der Waals surface area contributed by atoms with Gasteiger partial charge in [-0.3, -0.25) is 0 Å². The number of methoxy groups -OCH3 is 1. The summed E-state index contributed by atoms with van der Waals surface area (Å²) < 4.78 is 33.6. The van der Waals surface area contributed by atoms with Crippen molar-refractivity contribution in [2.24, 2.45) is 5.73 Å². The van der Waals surface area contributed by atoms with Crippen LogP contribution < -0.4 is 10.5 Å². The zero-order valence-corrected chi connectivity index (χ0v) is 11.6. The van der Waals surface area contributed by atoms with Crippen LogP contribution in [0.1, 0.15) is 44.7 Å². The van der Waals surface area contributed by atoms with Crippen molar-refractivity contribution in [3.8, 4) is 5.75 Å². The second-order valence-electron chi connectivity index (χ2n) is 5.41. The third-order valence-corrected chi connectivity index (χ3v) is 3.04. The van der Waals surface area contributed by atoms with E-state index in [0.717, 1.165) is 5.56 Å². The van der Waals surface area contributed by atoms with E-state index in [0.29, 0.717) is 0 Å². The number of hydrogen-bond donors (Lipinski definition) is 1. The predicted molar refractivity (Wildman–Crippen MR) is 69.2 cm³/mol. The quantitative estimate of drug-likeness (QED) is 0.893. The van der Waals surface area contributed by atoms with Crippen LogP contribution in [0, 0.1) is 0 Å². The van der Waals surface area contributed by atoms with Crippen LogP contribution in [-0.4, -0.2) is 12.6 Å². The molecule has 0 fully saturated rings. The van der Waals surface area contributed by atoms with Gasteiger partial charge in [0.05, 0.1) is 18.2 Å². The van der Waals surface area contributed by atoms with E-state index in [2.05, 4.69) is 0 Å². The van der Waals surface area contributed by atoms with Gasteiger partial charge in [-0.25, -0.2) is 0 Å². The molecular formula is C14H21F2NO. The van der Waals surface area contributed by atoms with Gasteiger partial charge in [0.15, 0.2) is 0 Å². The molecule has 0 saturated heterocycles. The lowest BCUT2D eigenvalue weighted by Crippen LogP contribution is -2.48. The summed E-state index contributed by atoms with van der Waals surface area (Å²) in [5, 5.41) is 0. The molecule has 1 aromatic carbocycles. The molecule has 4 heteroatoms. The van der Waals surface area contributed by atoms with Crippen LogP contribution in [0.15, 0.2) is 18.2 Å². The minimum absolute atomic E-state index is 0.165. The number of ether oxygens (including phenoxy) is 1. The normalized spacial score (nSPS) is 12.9. The Balaban J connectivity index is 3.34. The summed E-state index contributed by atoms with van der Waals surface area (Å²) in [6.45, 7) is 6.62. The summed E-state index contributed by atoms with van der Waals surface area (Å²) in [7, 11) is 1.39. The highest BCUT2D eigenvalue weighted by Crippen LogP contribution is 2.42. The summed E-state index contributed by atoms with van der Waals surface area (Å²) in [5.41, 5.74) is 4.72. The number of nitrogens with two attached hydrogens (primary N) is 1. The Hall–Kier alpha value is -1.16. The Bertz CT molecular complexity index is 422. The van der Waals surface area contributed by atoms with Gasteiger partial charge < -0.3 is 10.5 Å². The number of benzene rings is 1. The molecule has 0 bridgehead atoms. The first-order chi connectivity index (χ1) is 8.11. The number of hydrogen-bond acceptors (Lipinski definition) is 2. The smallest absolute Gasteiger partial charge is 0.293 e. The number of rotatable bonds is 4. The lowest BCUT2D eigenvalue weighted by Gasteiger charge is -2.31. The van der Waals surface area contributed by atoms with E-state index in [1.165, 1.54) is 27.0 Å². The SMILES string of the molecule is COc1cc(C(C)C)ccc1C(F)(F)C(C)(C)N. The predicted octanol–water partition coefficient (Wildman–Crippen LogP) is 3.65. The molecule has 18 heavy (non-hydrogen) atoms. The fraction of sp³-hybridized carbons (Fsp3) is 0.571. The van der Waals surface area contributed by atoms with Crippen molar-refractivity contribution in [2.45, 2.75) is 45.1 Å². The molecule has 0 aliphatic heterocycles. The standard InChI is InChI=1S/C14H21F2NO/c1-9(2)10-6-7-11(12(8-10)18-5)14(15,16)13(3,4)17/h6-9H,17H2,1-5H3. The minimum Gasteiger partial charge on any atom is -0.496 e. The van der Waals surface area contributed by atoms with Crippen LogP contribution in [0.2, 0.25) is 0 Å². The molecule has 0 saturated carbocycles. The molecule has 2 N–H and O–H groups in total. The maximum absolute atomic E-state index is 14.2. The maximum atomic E-state index is 14.2. The van der Waals surface area contributed by atoms with E-state index in [9.17, 15) is 8.78 Å². The zero-order chi connectivity index (χ0) is 14.1.